The molecule has 24 heavy (non-hydrogen) atoms. The first-order valence-corrected chi connectivity index (χ1v) is 9.05. The Kier molecular flexibility index (Phi) is 5.47. The van der Waals surface area contributed by atoms with Gasteiger partial charge in [0.2, 0.25) is 18.6 Å². The van der Waals surface area contributed by atoms with E-state index in [4.69, 9.17) is 9.47 Å². The molecule has 0 spiro atoms. The summed E-state index contributed by atoms with van der Waals surface area (Å²) in [6.45, 7) is 2.30. The van der Waals surface area contributed by atoms with Crippen LogP contribution in [0.1, 0.15) is 26.2 Å². The molecular weight excluding hydrogens is 330 g/mol. The summed E-state index contributed by atoms with van der Waals surface area (Å²) in [6.07, 6.45) is 2.47. The molecule has 7 nitrogen and oxygen atoms in total. The van der Waals surface area contributed by atoms with Crippen molar-refractivity contribution < 1.29 is 19.1 Å². The van der Waals surface area contributed by atoms with E-state index in [1.165, 1.54) is 11.8 Å². The molecule has 1 fully saturated rings. The molecule has 2 unspecified atom stereocenters. The number of benzene rings is 1. The molecule has 3 N–H and O–H groups in total. The first-order valence-electron chi connectivity index (χ1n) is 8.00. The molecule has 2 atom stereocenters. The zero-order valence-electron chi connectivity index (χ0n) is 13.5. The molecule has 3 rings (SSSR count). The van der Waals surface area contributed by atoms with Crippen molar-refractivity contribution in [3.05, 3.63) is 18.2 Å². The van der Waals surface area contributed by atoms with E-state index in [0.29, 0.717) is 23.6 Å². The Morgan fingerprint density at radius 2 is 2.21 bits per heavy atom. The van der Waals surface area contributed by atoms with E-state index in [1.807, 2.05) is 0 Å². The van der Waals surface area contributed by atoms with Crippen LogP contribution >= 0.6 is 11.8 Å². The van der Waals surface area contributed by atoms with Crippen molar-refractivity contribution >= 4 is 29.3 Å². The quantitative estimate of drug-likeness (QED) is 0.722. The van der Waals surface area contributed by atoms with Crippen LogP contribution in [-0.4, -0.2) is 35.9 Å². The van der Waals surface area contributed by atoms with Gasteiger partial charge in [0.05, 0.1) is 5.75 Å². The van der Waals surface area contributed by atoms with Gasteiger partial charge in [-0.15, -0.1) is 11.8 Å². The second-order valence-electron chi connectivity index (χ2n) is 5.73. The molecule has 2 amide bonds. The third kappa shape index (κ3) is 4.33. The van der Waals surface area contributed by atoms with Gasteiger partial charge in [-0.3, -0.25) is 14.9 Å². The van der Waals surface area contributed by atoms with E-state index in [2.05, 4.69) is 22.9 Å². The highest BCUT2D eigenvalue weighted by Gasteiger charge is 2.25. The van der Waals surface area contributed by atoms with Gasteiger partial charge in [0.15, 0.2) is 11.5 Å². The van der Waals surface area contributed by atoms with Crippen molar-refractivity contribution in [2.45, 2.75) is 37.7 Å². The normalized spacial score (nSPS) is 22.1. The molecule has 0 bridgehead atoms. The zero-order valence-corrected chi connectivity index (χ0v) is 14.3. The lowest BCUT2D eigenvalue weighted by molar-refractivity contribution is -0.123. The van der Waals surface area contributed by atoms with Crippen LogP contribution in [-0.2, 0) is 9.59 Å². The van der Waals surface area contributed by atoms with Crippen molar-refractivity contribution in [3.8, 4) is 11.5 Å². The summed E-state index contributed by atoms with van der Waals surface area (Å²) in [5.41, 5.74) is 0.430. The van der Waals surface area contributed by atoms with Crippen LogP contribution in [0.2, 0.25) is 0 Å². The lowest BCUT2D eigenvalue weighted by atomic mass is 10.1. The Morgan fingerprint density at radius 1 is 1.38 bits per heavy atom. The Bertz CT molecular complexity index is 625. The van der Waals surface area contributed by atoms with Crippen LogP contribution in [0.5, 0.6) is 11.5 Å². The number of ether oxygens (including phenoxy) is 2. The maximum absolute atomic E-state index is 12.1. The molecule has 0 radical (unpaired) electrons. The third-order valence-electron chi connectivity index (χ3n) is 3.79. The number of carbonyl (C=O) groups is 2. The molecular formula is C16H21N3O4S. The van der Waals surface area contributed by atoms with E-state index in [0.717, 1.165) is 12.8 Å². The summed E-state index contributed by atoms with van der Waals surface area (Å²) < 4.78 is 10.5. The van der Waals surface area contributed by atoms with Gasteiger partial charge in [-0.2, -0.15) is 0 Å². The van der Waals surface area contributed by atoms with Crippen LogP contribution in [0.4, 0.5) is 5.69 Å². The van der Waals surface area contributed by atoms with E-state index in [9.17, 15) is 9.59 Å². The predicted molar refractivity (Wildman–Crippen MR) is 92.0 cm³/mol. The van der Waals surface area contributed by atoms with Gasteiger partial charge < -0.3 is 20.1 Å². The first kappa shape index (κ1) is 16.9. The standard InChI is InChI=1S/C16H21N3O4S/c1-2-3-10-7-14(20)19-16(18-10)24-8-15(21)17-11-4-5-12-13(6-11)23-9-22-12/h4-6,10,16,18H,2-3,7-9H2,1H3,(H,17,21)(H,19,20). The number of carbonyl (C=O) groups excluding carboxylic acids is 2. The van der Waals surface area contributed by atoms with Crippen molar-refractivity contribution in [2.75, 3.05) is 17.9 Å². The minimum absolute atomic E-state index is 0.0286. The first-order chi connectivity index (χ1) is 11.6. The minimum Gasteiger partial charge on any atom is -0.454 e. The van der Waals surface area contributed by atoms with Gasteiger partial charge >= 0.3 is 0 Å². The average molecular weight is 351 g/mol. The van der Waals surface area contributed by atoms with Crippen LogP contribution in [0.25, 0.3) is 0 Å². The number of fused-ring (bicyclic) bond motifs is 1. The highest BCUT2D eigenvalue weighted by molar-refractivity contribution is 8.00. The number of anilines is 1. The van der Waals surface area contributed by atoms with Gasteiger partial charge in [-0.1, -0.05) is 13.3 Å². The molecule has 1 saturated heterocycles. The summed E-state index contributed by atoms with van der Waals surface area (Å²) >= 11 is 1.37. The van der Waals surface area contributed by atoms with Crippen molar-refractivity contribution in [1.82, 2.24) is 10.6 Å². The monoisotopic (exact) mass is 351 g/mol. The average Bonchev–Trinajstić information content (AvgIpc) is 3.00. The molecule has 1 aromatic carbocycles. The van der Waals surface area contributed by atoms with E-state index < -0.39 is 0 Å². The van der Waals surface area contributed by atoms with Crippen molar-refractivity contribution in [3.63, 3.8) is 0 Å². The molecule has 2 aliphatic rings. The van der Waals surface area contributed by atoms with E-state index >= 15 is 0 Å². The summed E-state index contributed by atoms with van der Waals surface area (Å²) in [4.78, 5) is 23.8. The number of nitrogens with one attached hydrogen (secondary N) is 3. The summed E-state index contributed by atoms with van der Waals surface area (Å²) in [5.74, 6) is 1.45. The number of hydrogen-bond acceptors (Lipinski definition) is 6. The van der Waals surface area contributed by atoms with Crippen molar-refractivity contribution in [1.29, 1.82) is 0 Å². The van der Waals surface area contributed by atoms with Crippen LogP contribution in [0, 0.1) is 0 Å². The Morgan fingerprint density at radius 3 is 3.04 bits per heavy atom. The van der Waals surface area contributed by atoms with Gasteiger partial charge in [0.25, 0.3) is 0 Å². The van der Waals surface area contributed by atoms with Gasteiger partial charge in [-0.05, 0) is 18.6 Å². The molecule has 130 valence electrons. The molecule has 2 aliphatic heterocycles. The second-order valence-corrected chi connectivity index (χ2v) is 6.82. The maximum atomic E-state index is 12.1. The smallest absolute Gasteiger partial charge is 0.234 e. The van der Waals surface area contributed by atoms with Crippen molar-refractivity contribution in [2.24, 2.45) is 0 Å². The van der Waals surface area contributed by atoms with Gasteiger partial charge in [0, 0.05) is 24.2 Å². The minimum atomic E-state index is -0.231. The van der Waals surface area contributed by atoms with E-state index in [-0.39, 0.29) is 35.9 Å². The summed E-state index contributed by atoms with van der Waals surface area (Å²) in [6, 6.07) is 5.46. The topological polar surface area (TPSA) is 88.7 Å². The predicted octanol–water partition coefficient (Wildman–Crippen LogP) is 1.65. The van der Waals surface area contributed by atoms with Gasteiger partial charge in [-0.25, -0.2) is 0 Å². The number of amides is 2. The lowest BCUT2D eigenvalue weighted by Gasteiger charge is -2.30. The fourth-order valence-corrected chi connectivity index (χ4v) is 3.59. The number of hydrogen-bond donors (Lipinski definition) is 3. The molecule has 8 heteroatoms. The molecule has 1 aromatic rings. The van der Waals surface area contributed by atoms with Crippen LogP contribution in [0.15, 0.2) is 18.2 Å². The number of rotatable bonds is 6. The van der Waals surface area contributed by atoms with Crippen LogP contribution in [0.3, 0.4) is 0 Å². The zero-order chi connectivity index (χ0) is 16.9. The molecule has 0 aliphatic carbocycles. The highest BCUT2D eigenvalue weighted by atomic mass is 32.2. The maximum Gasteiger partial charge on any atom is 0.234 e. The van der Waals surface area contributed by atoms with Crippen LogP contribution < -0.4 is 25.4 Å². The van der Waals surface area contributed by atoms with E-state index in [1.54, 1.807) is 18.2 Å². The third-order valence-corrected chi connectivity index (χ3v) is 4.80. The Balaban J connectivity index is 1.47. The Labute approximate surface area is 144 Å². The lowest BCUT2D eigenvalue weighted by Crippen LogP contribution is -2.54. The molecule has 0 saturated carbocycles. The second kappa shape index (κ2) is 7.76. The largest absolute Gasteiger partial charge is 0.454 e. The molecule has 0 aromatic heterocycles. The summed E-state index contributed by atoms with van der Waals surface area (Å²) in [7, 11) is 0. The van der Waals surface area contributed by atoms with Gasteiger partial charge in [0.1, 0.15) is 5.50 Å². The molecule has 2 heterocycles. The highest BCUT2D eigenvalue weighted by Crippen LogP contribution is 2.34. The SMILES string of the molecule is CCCC1CC(=O)NC(SCC(=O)Nc2ccc3c(c2)OCO3)N1. The summed E-state index contributed by atoms with van der Waals surface area (Å²) in [5, 5.41) is 9.03. The fourth-order valence-electron chi connectivity index (χ4n) is 2.70. The fraction of sp³-hybridized carbons (Fsp3) is 0.500. The Hall–Kier alpha value is -1.93. The number of thioether (sulfide) groups is 1.